The zero-order valence-corrected chi connectivity index (χ0v) is 39.2. The molecule has 0 spiro atoms. The van der Waals surface area contributed by atoms with Crippen molar-refractivity contribution in [2.45, 2.75) is 152 Å². The molecule has 0 aromatic rings. The number of carbonyl (C=O) groups excluding carboxylic acids is 7. The number of hydrogen-bond acceptors (Lipinski definition) is 12. The van der Waals surface area contributed by atoms with Gasteiger partial charge < -0.3 is 20.7 Å². The number of likely N-dealkylation sites (tertiary alicyclic amines) is 1. The van der Waals surface area contributed by atoms with E-state index in [0.29, 0.717) is 68.5 Å². The van der Waals surface area contributed by atoms with Gasteiger partial charge in [0.15, 0.2) is 0 Å². The monoisotopic (exact) mass is 933 g/mol. The van der Waals surface area contributed by atoms with Crippen LogP contribution in [0.2, 0.25) is 0 Å². The Hall–Kier alpha value is -3.13. The number of sulfonamides is 1. The highest BCUT2D eigenvalue weighted by Crippen LogP contribution is 2.44. The summed E-state index contributed by atoms with van der Waals surface area (Å²) in [4.78, 5) is 89.9. The molecule has 0 bridgehead atoms. The zero-order chi connectivity index (χ0) is 45.4. The van der Waals surface area contributed by atoms with Crippen LogP contribution < -0.4 is 26.6 Å². The molecule has 4 saturated heterocycles. The van der Waals surface area contributed by atoms with E-state index in [0.717, 1.165) is 74.8 Å². The van der Waals surface area contributed by atoms with Crippen molar-refractivity contribution >= 4 is 63.1 Å². The minimum Gasteiger partial charge on any atom is -0.377 e. The van der Waals surface area contributed by atoms with Gasteiger partial charge in [0.25, 0.3) is 0 Å². The Kier molecular flexibility index (Phi) is 17.2. The number of hydrogen-bond donors (Lipinski definition) is 5. The number of nitrogens with zero attached hydrogens (tertiary/aromatic N) is 2. The van der Waals surface area contributed by atoms with E-state index in [4.69, 9.17) is 4.74 Å². The molecule has 3 aliphatic carbocycles. The number of piperidine rings is 1. The van der Waals surface area contributed by atoms with Crippen molar-refractivity contribution in [1.82, 2.24) is 35.8 Å². The van der Waals surface area contributed by atoms with Crippen molar-refractivity contribution in [3.63, 3.8) is 0 Å². The lowest BCUT2D eigenvalue weighted by Gasteiger charge is -2.40. The molecule has 7 rings (SSSR count). The lowest BCUT2D eigenvalue weighted by Crippen LogP contribution is -2.54. The lowest BCUT2D eigenvalue weighted by molar-refractivity contribution is -0.152. The van der Waals surface area contributed by atoms with Crippen molar-refractivity contribution in [2.24, 2.45) is 41.4 Å². The van der Waals surface area contributed by atoms with Gasteiger partial charge in [0.05, 0.1) is 36.7 Å². The minimum absolute atomic E-state index is 0.110. The molecule has 11 unspecified atom stereocenters. The molecule has 0 aromatic carbocycles. The molecule has 0 radical (unpaired) electrons. The second-order valence-electron chi connectivity index (χ2n) is 19.7. The number of amides is 7. The highest BCUT2D eigenvalue weighted by Gasteiger charge is 2.56. The van der Waals surface area contributed by atoms with Crippen LogP contribution in [0.3, 0.4) is 0 Å². The van der Waals surface area contributed by atoms with Crippen molar-refractivity contribution in [1.29, 1.82) is 0 Å². The van der Waals surface area contributed by atoms with Crippen molar-refractivity contribution in [3.05, 3.63) is 0 Å². The number of nitrogens with one attached hydrogen (secondary N) is 5. The van der Waals surface area contributed by atoms with Crippen LogP contribution in [0.1, 0.15) is 128 Å². The van der Waals surface area contributed by atoms with Crippen LogP contribution in [-0.2, 0) is 48.3 Å². The molecule has 3 saturated carbocycles. The SMILES string of the molecule is CS(=O)(=O)N1CCC(C(=O)NCC(=O)NC2NC(C3CCCC(C4CCCC(CNC(=O)CCCCCCCOC5CCCC6C(=O)N(C7CCC(=O)NC7=O)C(=O)C56)C4)C3)CS2)C1. The van der Waals surface area contributed by atoms with Crippen LogP contribution in [0.4, 0.5) is 0 Å². The molecular formula is C45H71N7O10S2. The van der Waals surface area contributed by atoms with Crippen molar-refractivity contribution < 1.29 is 46.7 Å². The van der Waals surface area contributed by atoms with Gasteiger partial charge in [0.2, 0.25) is 51.4 Å². The Morgan fingerprint density at radius 1 is 0.812 bits per heavy atom. The summed E-state index contributed by atoms with van der Waals surface area (Å²) in [6.45, 7) is 1.58. The molecule has 7 fully saturated rings. The molecule has 64 heavy (non-hydrogen) atoms. The summed E-state index contributed by atoms with van der Waals surface area (Å²) in [5.41, 5.74) is -0.205. The fourth-order valence-electron chi connectivity index (χ4n) is 11.7. The summed E-state index contributed by atoms with van der Waals surface area (Å²) in [5, 5.41) is 14.8. The van der Waals surface area contributed by atoms with Gasteiger partial charge in [-0.15, -0.1) is 11.8 Å². The third kappa shape index (κ3) is 12.6. The number of imide groups is 2. The van der Waals surface area contributed by atoms with Gasteiger partial charge in [0, 0.05) is 50.9 Å². The van der Waals surface area contributed by atoms with E-state index in [1.807, 2.05) is 0 Å². The van der Waals surface area contributed by atoms with Crippen molar-refractivity contribution in [2.75, 3.05) is 44.8 Å². The molecule has 5 N–H and O–H groups in total. The molecule has 358 valence electrons. The predicted molar refractivity (Wildman–Crippen MR) is 239 cm³/mol. The van der Waals surface area contributed by atoms with E-state index < -0.39 is 39.7 Å². The molecule has 7 aliphatic rings. The van der Waals surface area contributed by atoms with Gasteiger partial charge in [-0.1, -0.05) is 51.4 Å². The highest BCUT2D eigenvalue weighted by molar-refractivity contribution is 8.00. The average Bonchev–Trinajstić information content (AvgIpc) is 4.03. The molecule has 7 amide bonds. The molecular weight excluding hydrogens is 863 g/mol. The first-order valence-electron chi connectivity index (χ1n) is 24.2. The topological polar surface area (TPSA) is 229 Å². The van der Waals surface area contributed by atoms with Crippen LogP contribution in [0.25, 0.3) is 0 Å². The molecule has 4 aliphatic heterocycles. The zero-order valence-electron chi connectivity index (χ0n) is 37.5. The van der Waals surface area contributed by atoms with E-state index in [2.05, 4.69) is 26.6 Å². The number of rotatable bonds is 19. The largest absolute Gasteiger partial charge is 0.377 e. The molecule has 17 nitrogen and oxygen atoms in total. The van der Waals surface area contributed by atoms with Gasteiger partial charge in [-0.25, -0.2) is 12.7 Å². The molecule has 4 heterocycles. The second kappa shape index (κ2) is 22.6. The maximum atomic E-state index is 13.4. The van der Waals surface area contributed by atoms with E-state index in [-0.39, 0.29) is 73.0 Å². The van der Waals surface area contributed by atoms with E-state index in [1.165, 1.54) is 42.8 Å². The number of ether oxygens (including phenoxy) is 1. The van der Waals surface area contributed by atoms with Crippen LogP contribution in [-0.4, -0.2) is 127 Å². The smallest absolute Gasteiger partial charge is 0.249 e. The third-order valence-corrected chi connectivity index (χ3v) is 17.6. The first-order chi connectivity index (χ1) is 30.7. The predicted octanol–water partition coefficient (Wildman–Crippen LogP) is 2.53. The summed E-state index contributed by atoms with van der Waals surface area (Å²) in [6.07, 6.45) is 18.3. The van der Waals surface area contributed by atoms with Gasteiger partial charge >= 0.3 is 0 Å². The van der Waals surface area contributed by atoms with Crippen LogP contribution in [0, 0.1) is 41.4 Å². The van der Waals surface area contributed by atoms with Crippen LogP contribution >= 0.6 is 11.8 Å². The number of fused-ring (bicyclic) bond motifs is 1. The maximum absolute atomic E-state index is 13.4. The standard InChI is InChI=1S/C45H71N7O10S2/c1-64(60,61)51-20-19-32(26-51)41(56)47-25-39(55)50-45-48-34(27-63-45)31-13-8-12-30(23-31)29-11-7-10-28(22-29)24-46-37(53)16-5-3-2-4-6-21-62-36-15-9-14-33-40(36)44(59)52(43(33)58)35-17-18-38(54)49-42(35)57/h28-36,40,45,48H,2-27H2,1H3,(H,46,53)(H,47,56)(H,50,55)(H,49,54,57). The van der Waals surface area contributed by atoms with Gasteiger partial charge in [-0.2, -0.15) is 0 Å². The van der Waals surface area contributed by atoms with E-state index in [9.17, 15) is 42.0 Å². The number of unbranched alkanes of at least 4 members (excludes halogenated alkanes) is 4. The molecule has 19 heteroatoms. The second-order valence-corrected chi connectivity index (χ2v) is 22.8. The normalized spacial score (nSPS) is 33.8. The Morgan fingerprint density at radius 3 is 2.33 bits per heavy atom. The Morgan fingerprint density at radius 2 is 1.55 bits per heavy atom. The van der Waals surface area contributed by atoms with E-state index in [1.54, 1.807) is 11.8 Å². The quantitative estimate of drug-likeness (QED) is 0.0931. The molecule has 0 aromatic heterocycles. The molecule has 11 atom stereocenters. The fourth-order valence-corrected chi connectivity index (χ4v) is 13.9. The first kappa shape index (κ1) is 48.8. The Bertz CT molecular complexity index is 1840. The summed E-state index contributed by atoms with van der Waals surface area (Å²) < 4.78 is 31.1. The van der Waals surface area contributed by atoms with Crippen molar-refractivity contribution in [3.8, 4) is 0 Å². The van der Waals surface area contributed by atoms with Gasteiger partial charge in [-0.3, -0.25) is 49.1 Å². The summed E-state index contributed by atoms with van der Waals surface area (Å²) >= 11 is 1.69. The first-order valence-corrected chi connectivity index (χ1v) is 27.1. The van der Waals surface area contributed by atoms with Gasteiger partial charge in [-0.05, 0) is 87.9 Å². The number of carbonyl (C=O) groups is 7. The summed E-state index contributed by atoms with van der Waals surface area (Å²) in [7, 11) is -3.34. The fraction of sp³-hybridized carbons (Fsp3) is 0.844. The Balaban J connectivity index is 0.723. The van der Waals surface area contributed by atoms with E-state index >= 15 is 0 Å². The van der Waals surface area contributed by atoms with Crippen LogP contribution in [0.15, 0.2) is 0 Å². The summed E-state index contributed by atoms with van der Waals surface area (Å²) in [6, 6.07) is -0.600. The third-order valence-electron chi connectivity index (χ3n) is 15.2. The number of thioether (sulfide) groups is 1. The maximum Gasteiger partial charge on any atom is 0.249 e. The minimum atomic E-state index is -3.34. The Labute approximate surface area is 382 Å². The average molecular weight is 934 g/mol. The highest BCUT2D eigenvalue weighted by atomic mass is 32.2. The van der Waals surface area contributed by atoms with Crippen LogP contribution in [0.5, 0.6) is 0 Å². The summed E-state index contributed by atoms with van der Waals surface area (Å²) in [5.74, 6) is -0.183. The lowest BCUT2D eigenvalue weighted by atomic mass is 9.67. The van der Waals surface area contributed by atoms with Gasteiger partial charge in [0.1, 0.15) is 11.5 Å².